The van der Waals surface area contributed by atoms with E-state index in [0.29, 0.717) is 0 Å². The molecule has 0 saturated carbocycles. The van der Waals surface area contributed by atoms with Crippen LogP contribution in [0.3, 0.4) is 0 Å². The second kappa shape index (κ2) is 8.41. The number of alkyl halides is 3. The number of imidazole rings is 1. The number of benzene rings is 1. The van der Waals surface area contributed by atoms with E-state index in [9.17, 15) is 28.5 Å². The molecule has 1 aliphatic rings. The zero-order valence-electron chi connectivity index (χ0n) is 16.7. The molecule has 0 aliphatic carbocycles. The summed E-state index contributed by atoms with van der Waals surface area (Å²) in [4.78, 5) is 12.2. The summed E-state index contributed by atoms with van der Waals surface area (Å²) in [6, 6.07) is 4.72. The van der Waals surface area contributed by atoms with Crippen LogP contribution in [0, 0.1) is 11.3 Å². The largest absolute Gasteiger partial charge is 0.417 e. The van der Waals surface area contributed by atoms with E-state index in [1.54, 1.807) is 0 Å². The number of nitrogens with two attached hydrogens (primary N) is 1. The number of fused-ring (bicyclic) bond motifs is 1. The fraction of sp³-hybridized carbons (Fsp3) is 0.300. The van der Waals surface area contributed by atoms with Crippen molar-refractivity contribution in [1.82, 2.24) is 19.5 Å². The number of hydrogen-bond donors (Lipinski definition) is 4. The first-order valence-electron chi connectivity index (χ1n) is 9.56. The van der Waals surface area contributed by atoms with Gasteiger partial charge in [-0.1, -0.05) is 12.1 Å². The molecule has 3 heterocycles. The minimum atomic E-state index is -4.72. The number of halogens is 3. The Morgan fingerprint density at radius 3 is 2.61 bits per heavy atom. The van der Waals surface area contributed by atoms with E-state index in [4.69, 9.17) is 15.7 Å². The molecule has 10 nitrogen and oxygen atoms in total. The monoisotopic (exact) mass is 462 g/mol. The van der Waals surface area contributed by atoms with Gasteiger partial charge in [0.1, 0.15) is 30.5 Å². The maximum absolute atomic E-state index is 13.3. The zero-order valence-corrected chi connectivity index (χ0v) is 16.7. The van der Waals surface area contributed by atoms with E-state index < -0.39 is 48.4 Å². The Morgan fingerprint density at radius 1 is 1.21 bits per heavy atom. The van der Waals surface area contributed by atoms with Crippen molar-refractivity contribution in [1.29, 1.82) is 5.26 Å². The Hall–Kier alpha value is -3.57. The predicted octanol–water partition coefficient (Wildman–Crippen LogP) is 1.08. The summed E-state index contributed by atoms with van der Waals surface area (Å²) in [5.41, 5.74) is 4.68. The number of anilines is 1. The van der Waals surface area contributed by atoms with Gasteiger partial charge in [0.15, 0.2) is 23.2 Å². The van der Waals surface area contributed by atoms with Crippen molar-refractivity contribution >= 4 is 29.1 Å². The highest BCUT2D eigenvalue weighted by Crippen LogP contribution is 2.35. The lowest BCUT2D eigenvalue weighted by Crippen LogP contribution is -2.33. The fourth-order valence-corrected chi connectivity index (χ4v) is 3.57. The van der Waals surface area contributed by atoms with Crippen molar-refractivity contribution in [2.24, 2.45) is 0 Å². The highest BCUT2D eigenvalue weighted by molar-refractivity contribution is 5.84. The van der Waals surface area contributed by atoms with E-state index in [1.807, 2.05) is 0 Å². The van der Waals surface area contributed by atoms with Gasteiger partial charge in [-0.15, -0.1) is 0 Å². The molecule has 2 aromatic heterocycles. The normalized spacial score (nSPS) is 23.4. The summed E-state index contributed by atoms with van der Waals surface area (Å²) < 4.78 is 46.7. The second-order valence-corrected chi connectivity index (χ2v) is 7.25. The van der Waals surface area contributed by atoms with Crippen LogP contribution in [0.4, 0.5) is 19.0 Å². The Bertz CT molecular complexity index is 1270. The molecule has 4 rings (SSSR count). The van der Waals surface area contributed by atoms with E-state index in [2.05, 4.69) is 15.0 Å². The summed E-state index contributed by atoms with van der Waals surface area (Å²) >= 11 is 0. The SMILES string of the molecule is N#Cc1ccc(/C=C/c2nc3c(N)ncnc3n2[C@@H]2O[C@H](CO)[C@@H](O)[C@H]2O)cc1C(F)(F)F. The molecule has 1 fully saturated rings. The third kappa shape index (κ3) is 4.00. The van der Waals surface area contributed by atoms with Gasteiger partial charge in [0, 0.05) is 0 Å². The van der Waals surface area contributed by atoms with E-state index in [0.717, 1.165) is 18.5 Å². The standard InChI is InChI=1S/C20H17F3N6O4/c21-20(22,23)11-5-9(1-3-10(11)6-24)2-4-13-28-14-17(25)26-8-27-18(14)29(13)19-16(32)15(31)12(7-30)33-19/h1-5,8,12,15-16,19,30-32H,7H2,(H2,25,26,27)/b4-2+/t12-,15-,16-,19-/m1/s1. The van der Waals surface area contributed by atoms with Crippen LogP contribution in [0.2, 0.25) is 0 Å². The van der Waals surface area contributed by atoms with Gasteiger partial charge in [0.25, 0.3) is 0 Å². The average molecular weight is 462 g/mol. The van der Waals surface area contributed by atoms with Gasteiger partial charge in [-0.3, -0.25) is 4.57 Å². The van der Waals surface area contributed by atoms with Crippen LogP contribution in [0.1, 0.15) is 28.7 Å². The average Bonchev–Trinajstić information content (AvgIpc) is 3.29. The highest BCUT2D eigenvalue weighted by Gasteiger charge is 2.44. The number of nitriles is 1. The predicted molar refractivity (Wildman–Crippen MR) is 108 cm³/mol. The summed E-state index contributed by atoms with van der Waals surface area (Å²) in [6.07, 6.45) is -6.06. The highest BCUT2D eigenvalue weighted by atomic mass is 19.4. The minimum Gasteiger partial charge on any atom is -0.394 e. The maximum atomic E-state index is 13.3. The van der Waals surface area contributed by atoms with Crippen molar-refractivity contribution in [2.45, 2.75) is 30.7 Å². The van der Waals surface area contributed by atoms with Gasteiger partial charge in [-0.25, -0.2) is 15.0 Å². The molecule has 13 heteroatoms. The number of hydrogen-bond acceptors (Lipinski definition) is 9. The summed E-state index contributed by atoms with van der Waals surface area (Å²) in [7, 11) is 0. The number of aromatic nitrogens is 4. The van der Waals surface area contributed by atoms with Gasteiger partial charge < -0.3 is 25.8 Å². The van der Waals surface area contributed by atoms with E-state index in [1.165, 1.54) is 28.9 Å². The smallest absolute Gasteiger partial charge is 0.394 e. The van der Waals surface area contributed by atoms with Crippen LogP contribution in [-0.2, 0) is 10.9 Å². The van der Waals surface area contributed by atoms with Crippen LogP contribution in [0.25, 0.3) is 23.3 Å². The fourth-order valence-electron chi connectivity index (χ4n) is 3.57. The Kier molecular flexibility index (Phi) is 5.76. The van der Waals surface area contributed by atoms with E-state index >= 15 is 0 Å². The molecule has 0 amide bonds. The summed E-state index contributed by atoms with van der Waals surface area (Å²) in [5.74, 6) is 0.0998. The number of nitrogens with zero attached hydrogens (tertiary/aromatic N) is 5. The molecule has 4 atom stereocenters. The third-order valence-electron chi connectivity index (χ3n) is 5.20. The molecule has 0 spiro atoms. The third-order valence-corrected chi connectivity index (χ3v) is 5.20. The lowest BCUT2D eigenvalue weighted by Gasteiger charge is -2.18. The molecule has 172 valence electrons. The first kappa shape index (κ1) is 22.6. The second-order valence-electron chi connectivity index (χ2n) is 7.25. The molecule has 1 aliphatic heterocycles. The molecule has 3 aromatic rings. The van der Waals surface area contributed by atoms with Crippen LogP contribution in [0.15, 0.2) is 24.5 Å². The van der Waals surface area contributed by atoms with Crippen molar-refractivity contribution in [3.63, 3.8) is 0 Å². The van der Waals surface area contributed by atoms with Crippen LogP contribution >= 0.6 is 0 Å². The number of rotatable bonds is 4. The minimum absolute atomic E-state index is 0.0119. The van der Waals surface area contributed by atoms with Gasteiger partial charge >= 0.3 is 6.18 Å². The Labute approximate surface area is 184 Å². The van der Waals surface area contributed by atoms with Crippen molar-refractivity contribution in [3.8, 4) is 6.07 Å². The molecule has 0 unspecified atom stereocenters. The molecule has 0 radical (unpaired) electrons. The van der Waals surface area contributed by atoms with Gasteiger partial charge in [-0.05, 0) is 23.8 Å². The first-order chi connectivity index (χ1) is 15.7. The van der Waals surface area contributed by atoms with Crippen LogP contribution in [-0.4, -0.2) is 59.8 Å². The topological polar surface area (TPSA) is 163 Å². The quantitative estimate of drug-likeness (QED) is 0.444. The van der Waals surface area contributed by atoms with Gasteiger partial charge in [0.2, 0.25) is 0 Å². The Morgan fingerprint density at radius 2 is 1.97 bits per heavy atom. The number of ether oxygens (including phenoxy) is 1. The lowest BCUT2D eigenvalue weighted by molar-refractivity contribution is -0.137. The number of aliphatic hydroxyl groups excluding tert-OH is 3. The molecular weight excluding hydrogens is 445 g/mol. The van der Waals surface area contributed by atoms with Gasteiger partial charge in [-0.2, -0.15) is 18.4 Å². The summed E-state index contributed by atoms with van der Waals surface area (Å²) in [6.45, 7) is -0.560. The van der Waals surface area contributed by atoms with Crippen molar-refractivity contribution in [2.75, 3.05) is 12.3 Å². The number of nitrogen functional groups attached to an aromatic ring is 1. The Balaban J connectivity index is 1.81. The van der Waals surface area contributed by atoms with Crippen molar-refractivity contribution in [3.05, 3.63) is 47.0 Å². The van der Waals surface area contributed by atoms with Crippen LogP contribution < -0.4 is 5.73 Å². The van der Waals surface area contributed by atoms with Crippen molar-refractivity contribution < 1.29 is 33.2 Å². The first-order valence-corrected chi connectivity index (χ1v) is 9.56. The summed E-state index contributed by atoms with van der Waals surface area (Å²) in [5, 5.41) is 38.9. The number of aliphatic hydroxyl groups is 3. The zero-order chi connectivity index (χ0) is 23.9. The molecule has 1 saturated heterocycles. The maximum Gasteiger partial charge on any atom is 0.417 e. The molecule has 5 N–H and O–H groups in total. The van der Waals surface area contributed by atoms with E-state index in [-0.39, 0.29) is 28.4 Å². The van der Waals surface area contributed by atoms with Crippen LogP contribution in [0.5, 0.6) is 0 Å². The molecule has 1 aromatic carbocycles. The lowest BCUT2D eigenvalue weighted by atomic mass is 10.0. The molecule has 33 heavy (non-hydrogen) atoms. The van der Waals surface area contributed by atoms with Gasteiger partial charge in [0.05, 0.1) is 23.8 Å². The molecule has 0 bridgehead atoms. The molecular formula is C20H17F3N6O4.